The maximum atomic E-state index is 12.9. The number of amides is 1. The number of fused-ring (bicyclic) bond motifs is 2. The SMILES string of the molecule is O=C(c1cccnc1C=Cc1ccccc1)N1C[C@H]2CC[C@@H]1C2. The Morgan fingerprint density at radius 3 is 2.70 bits per heavy atom. The van der Waals surface area contributed by atoms with Gasteiger partial charge in [-0.3, -0.25) is 9.78 Å². The van der Waals surface area contributed by atoms with Crippen LogP contribution in [0.2, 0.25) is 0 Å². The van der Waals surface area contributed by atoms with Crippen LogP contribution in [0.3, 0.4) is 0 Å². The highest BCUT2D eigenvalue weighted by molar-refractivity contribution is 5.98. The van der Waals surface area contributed by atoms with Gasteiger partial charge in [-0.1, -0.05) is 36.4 Å². The van der Waals surface area contributed by atoms with E-state index in [-0.39, 0.29) is 5.91 Å². The first-order valence-electron chi connectivity index (χ1n) is 8.30. The molecule has 1 aliphatic carbocycles. The van der Waals surface area contributed by atoms with E-state index in [0.717, 1.165) is 24.2 Å². The molecule has 2 atom stereocenters. The Hall–Kier alpha value is -2.42. The second kappa shape index (κ2) is 5.99. The molecule has 2 fully saturated rings. The van der Waals surface area contributed by atoms with Crippen molar-refractivity contribution in [1.29, 1.82) is 0 Å². The molecular weight excluding hydrogens is 284 g/mol. The van der Waals surface area contributed by atoms with Crippen molar-refractivity contribution in [2.24, 2.45) is 5.92 Å². The Balaban J connectivity index is 1.60. The van der Waals surface area contributed by atoms with Crippen molar-refractivity contribution >= 4 is 18.1 Å². The van der Waals surface area contributed by atoms with Crippen molar-refractivity contribution in [2.75, 3.05) is 6.54 Å². The van der Waals surface area contributed by atoms with Gasteiger partial charge in [0.2, 0.25) is 0 Å². The molecule has 1 saturated heterocycles. The largest absolute Gasteiger partial charge is 0.335 e. The van der Waals surface area contributed by atoms with Gasteiger partial charge in [-0.25, -0.2) is 0 Å². The van der Waals surface area contributed by atoms with Crippen molar-refractivity contribution in [1.82, 2.24) is 9.88 Å². The van der Waals surface area contributed by atoms with E-state index in [0.29, 0.717) is 17.5 Å². The van der Waals surface area contributed by atoms with Crippen molar-refractivity contribution in [2.45, 2.75) is 25.3 Å². The molecule has 1 amide bonds. The Bertz CT molecular complexity index is 738. The van der Waals surface area contributed by atoms with E-state index >= 15 is 0 Å². The Kier molecular flexibility index (Phi) is 3.70. The van der Waals surface area contributed by atoms with Gasteiger partial charge in [0.15, 0.2) is 0 Å². The van der Waals surface area contributed by atoms with E-state index in [1.54, 1.807) is 6.20 Å². The molecule has 116 valence electrons. The van der Waals surface area contributed by atoms with E-state index in [4.69, 9.17) is 0 Å². The first-order chi connectivity index (χ1) is 11.3. The Morgan fingerprint density at radius 1 is 1.09 bits per heavy atom. The number of carbonyl (C=O) groups is 1. The lowest BCUT2D eigenvalue weighted by atomic mass is 10.1. The van der Waals surface area contributed by atoms with Gasteiger partial charge >= 0.3 is 0 Å². The number of hydrogen-bond donors (Lipinski definition) is 0. The molecule has 1 aliphatic heterocycles. The second-order valence-electron chi connectivity index (χ2n) is 6.47. The summed E-state index contributed by atoms with van der Waals surface area (Å²) in [5, 5.41) is 0. The van der Waals surface area contributed by atoms with Crippen molar-refractivity contribution < 1.29 is 4.79 Å². The van der Waals surface area contributed by atoms with Crippen LogP contribution >= 0.6 is 0 Å². The molecular formula is C20H20N2O. The molecule has 0 spiro atoms. The minimum Gasteiger partial charge on any atom is -0.335 e. The molecule has 2 aromatic rings. The summed E-state index contributed by atoms with van der Waals surface area (Å²) < 4.78 is 0. The van der Waals surface area contributed by atoms with Gasteiger partial charge in [-0.05, 0) is 49.0 Å². The molecule has 23 heavy (non-hydrogen) atoms. The van der Waals surface area contributed by atoms with Crippen LogP contribution in [-0.4, -0.2) is 28.4 Å². The fourth-order valence-corrected chi connectivity index (χ4v) is 3.80. The molecule has 0 unspecified atom stereocenters. The zero-order valence-corrected chi connectivity index (χ0v) is 13.1. The standard InChI is InChI=1S/C20H20N2O/c23-20(22-14-16-8-10-17(22)13-16)18-7-4-12-21-19(18)11-9-15-5-2-1-3-6-15/h1-7,9,11-12,16-17H,8,10,13-14H2/t16-,17+/m0/s1. The van der Waals surface area contributed by atoms with Gasteiger partial charge < -0.3 is 4.90 Å². The first kappa shape index (κ1) is 14.2. The number of benzene rings is 1. The highest BCUT2D eigenvalue weighted by atomic mass is 16.2. The Morgan fingerprint density at radius 2 is 1.96 bits per heavy atom. The van der Waals surface area contributed by atoms with E-state index in [2.05, 4.69) is 9.88 Å². The number of rotatable bonds is 3. The van der Waals surface area contributed by atoms with Gasteiger partial charge in [0.05, 0.1) is 11.3 Å². The highest BCUT2D eigenvalue weighted by Crippen LogP contribution is 2.38. The summed E-state index contributed by atoms with van der Waals surface area (Å²) in [5.41, 5.74) is 2.58. The second-order valence-corrected chi connectivity index (χ2v) is 6.47. The fourth-order valence-electron chi connectivity index (χ4n) is 3.80. The number of carbonyl (C=O) groups excluding carboxylic acids is 1. The van der Waals surface area contributed by atoms with Gasteiger partial charge in [0, 0.05) is 18.8 Å². The summed E-state index contributed by atoms with van der Waals surface area (Å²) in [6.45, 7) is 0.917. The van der Waals surface area contributed by atoms with Crippen LogP contribution in [0.1, 0.15) is 40.9 Å². The normalized spacial score (nSPS) is 22.9. The van der Waals surface area contributed by atoms with Crippen LogP contribution in [0.4, 0.5) is 0 Å². The maximum absolute atomic E-state index is 12.9. The van der Waals surface area contributed by atoms with E-state index in [9.17, 15) is 4.79 Å². The van der Waals surface area contributed by atoms with Gasteiger partial charge in [0.1, 0.15) is 0 Å². The summed E-state index contributed by atoms with van der Waals surface area (Å²) in [6, 6.07) is 14.3. The lowest BCUT2D eigenvalue weighted by Crippen LogP contribution is -2.38. The molecule has 3 nitrogen and oxygen atoms in total. The molecule has 0 radical (unpaired) electrons. The molecule has 2 aliphatic rings. The summed E-state index contributed by atoms with van der Waals surface area (Å²) in [5.74, 6) is 0.849. The highest BCUT2D eigenvalue weighted by Gasteiger charge is 2.40. The minimum absolute atomic E-state index is 0.137. The quantitative estimate of drug-likeness (QED) is 0.862. The third-order valence-corrected chi connectivity index (χ3v) is 4.97. The van der Waals surface area contributed by atoms with Crippen molar-refractivity contribution in [3.05, 3.63) is 65.5 Å². The van der Waals surface area contributed by atoms with Crippen LogP contribution in [-0.2, 0) is 0 Å². The molecule has 1 saturated carbocycles. The summed E-state index contributed by atoms with van der Waals surface area (Å²) in [7, 11) is 0. The molecule has 3 heteroatoms. The number of pyridine rings is 1. The van der Waals surface area contributed by atoms with E-state index < -0.39 is 0 Å². The van der Waals surface area contributed by atoms with Gasteiger partial charge in [-0.15, -0.1) is 0 Å². The molecule has 0 N–H and O–H groups in total. The van der Waals surface area contributed by atoms with Crippen molar-refractivity contribution in [3.8, 4) is 0 Å². The Labute approximate surface area is 136 Å². The predicted molar refractivity (Wildman–Crippen MR) is 91.8 cm³/mol. The first-order valence-corrected chi connectivity index (χ1v) is 8.30. The van der Waals surface area contributed by atoms with Crippen LogP contribution in [0, 0.1) is 5.92 Å². The van der Waals surface area contributed by atoms with E-state index in [1.807, 2.05) is 54.6 Å². The lowest BCUT2D eigenvalue weighted by Gasteiger charge is -2.27. The average Bonchev–Trinajstić information content (AvgIpc) is 3.24. The fraction of sp³-hybridized carbons (Fsp3) is 0.300. The van der Waals surface area contributed by atoms with Crippen LogP contribution in [0.25, 0.3) is 12.2 Å². The third kappa shape index (κ3) is 2.79. The van der Waals surface area contributed by atoms with E-state index in [1.165, 1.54) is 12.8 Å². The molecule has 1 aromatic heterocycles. The lowest BCUT2D eigenvalue weighted by molar-refractivity contribution is 0.0703. The molecule has 1 aromatic carbocycles. The molecule has 2 heterocycles. The van der Waals surface area contributed by atoms with Crippen LogP contribution in [0.15, 0.2) is 48.7 Å². The zero-order valence-electron chi connectivity index (χ0n) is 13.1. The minimum atomic E-state index is 0.137. The zero-order chi connectivity index (χ0) is 15.6. The monoisotopic (exact) mass is 304 g/mol. The van der Waals surface area contributed by atoms with Crippen molar-refractivity contribution in [3.63, 3.8) is 0 Å². The molecule has 2 bridgehead atoms. The number of nitrogens with zero attached hydrogens (tertiary/aromatic N) is 2. The van der Waals surface area contributed by atoms with Crippen LogP contribution in [0.5, 0.6) is 0 Å². The number of hydrogen-bond acceptors (Lipinski definition) is 2. The predicted octanol–water partition coefficient (Wildman–Crippen LogP) is 3.88. The summed E-state index contributed by atoms with van der Waals surface area (Å²) in [4.78, 5) is 19.4. The summed E-state index contributed by atoms with van der Waals surface area (Å²) in [6.07, 6.45) is 9.32. The topological polar surface area (TPSA) is 33.2 Å². The number of piperidine rings is 1. The van der Waals surface area contributed by atoms with Gasteiger partial charge in [0.25, 0.3) is 5.91 Å². The van der Waals surface area contributed by atoms with Crippen LogP contribution < -0.4 is 0 Å². The third-order valence-electron chi connectivity index (χ3n) is 4.97. The maximum Gasteiger partial charge on any atom is 0.256 e. The number of aromatic nitrogens is 1. The molecule has 4 rings (SSSR count). The summed E-state index contributed by atoms with van der Waals surface area (Å²) >= 11 is 0. The number of likely N-dealkylation sites (tertiary alicyclic amines) is 1. The van der Waals surface area contributed by atoms with Gasteiger partial charge in [-0.2, -0.15) is 0 Å². The smallest absolute Gasteiger partial charge is 0.256 e. The average molecular weight is 304 g/mol.